The zero-order valence-electron chi connectivity index (χ0n) is 17.4. The second-order valence-electron chi connectivity index (χ2n) is 7.79. The summed E-state index contributed by atoms with van der Waals surface area (Å²) in [5.41, 5.74) is 0.500. The van der Waals surface area contributed by atoms with Crippen LogP contribution in [0.25, 0.3) is 0 Å². The van der Waals surface area contributed by atoms with Crippen LogP contribution in [-0.2, 0) is 22.1 Å². The van der Waals surface area contributed by atoms with Crippen molar-refractivity contribution in [2.45, 2.75) is 42.1 Å². The quantitative estimate of drug-likeness (QED) is 0.388. The van der Waals surface area contributed by atoms with Crippen molar-refractivity contribution in [1.29, 1.82) is 0 Å². The van der Waals surface area contributed by atoms with E-state index in [0.717, 1.165) is 24.3 Å². The van der Waals surface area contributed by atoms with Crippen LogP contribution in [0.2, 0.25) is 0 Å². The zero-order chi connectivity index (χ0) is 24.5. The molecule has 1 aliphatic heterocycles. The first-order chi connectivity index (χ1) is 16.0. The number of benzene rings is 2. The first kappa shape index (κ1) is 24.1. The number of aliphatic hydroxyl groups is 1. The van der Waals surface area contributed by atoms with Crippen LogP contribution in [0.4, 0.5) is 17.6 Å². The van der Waals surface area contributed by atoms with Gasteiger partial charge in [-0.2, -0.15) is 4.98 Å². The molecule has 1 fully saturated rings. The molecule has 4 rings (SSSR count). The molecule has 34 heavy (non-hydrogen) atoms. The molecule has 2 atom stereocenters. The highest BCUT2D eigenvalue weighted by Gasteiger charge is 2.36. The Balaban J connectivity index is 1.48. The Kier molecular flexibility index (Phi) is 6.60. The molecule has 0 bridgehead atoms. The van der Waals surface area contributed by atoms with Gasteiger partial charge in [-0.15, -0.1) is 13.2 Å². The van der Waals surface area contributed by atoms with E-state index in [1.165, 1.54) is 18.2 Å². The smallest absolute Gasteiger partial charge is 0.406 e. The normalized spacial score (nSPS) is 19.4. The standard InChI is InChI=1S/C21H19F4N3O5S/c22-14-4-6-17(7-5-14)34(30,31)12-19-26-20(33-27-19)18-9-15(29)11-28(18)10-13-2-1-3-16(8-13)32-21(23,24)25/h1-8,15,18,29H,9-12H2/t15-,18+/m1/s1. The molecule has 1 aliphatic rings. The number of likely N-dealkylation sites (tertiary alicyclic amines) is 1. The minimum Gasteiger partial charge on any atom is -0.406 e. The maximum atomic E-state index is 13.1. The summed E-state index contributed by atoms with van der Waals surface area (Å²) < 4.78 is 84.9. The molecule has 0 amide bonds. The van der Waals surface area contributed by atoms with E-state index in [4.69, 9.17) is 4.52 Å². The number of sulfone groups is 1. The van der Waals surface area contributed by atoms with Gasteiger partial charge in [0.25, 0.3) is 0 Å². The SMILES string of the molecule is O=S(=O)(Cc1noc([C@@H]2C[C@@H](O)CN2Cc2cccc(OC(F)(F)F)c2)n1)c1ccc(F)cc1. The Labute approximate surface area is 191 Å². The van der Waals surface area contributed by atoms with Crippen LogP contribution in [-0.4, -0.2) is 47.6 Å². The lowest BCUT2D eigenvalue weighted by molar-refractivity contribution is -0.274. The van der Waals surface area contributed by atoms with Crippen LogP contribution in [0.15, 0.2) is 57.9 Å². The van der Waals surface area contributed by atoms with Crippen LogP contribution in [0, 0.1) is 5.82 Å². The van der Waals surface area contributed by atoms with Gasteiger partial charge in [0.05, 0.1) is 17.0 Å². The second-order valence-corrected chi connectivity index (χ2v) is 9.78. The Morgan fingerprint density at radius 3 is 2.62 bits per heavy atom. The first-order valence-electron chi connectivity index (χ1n) is 10.1. The molecular weight excluding hydrogens is 482 g/mol. The fourth-order valence-electron chi connectivity index (χ4n) is 3.74. The molecular formula is C21H19F4N3O5S. The van der Waals surface area contributed by atoms with E-state index in [2.05, 4.69) is 14.9 Å². The van der Waals surface area contributed by atoms with Gasteiger partial charge in [-0.1, -0.05) is 17.3 Å². The van der Waals surface area contributed by atoms with Gasteiger partial charge in [-0.25, -0.2) is 12.8 Å². The molecule has 2 aromatic carbocycles. The summed E-state index contributed by atoms with van der Waals surface area (Å²) >= 11 is 0. The molecule has 1 saturated heterocycles. The molecule has 1 N–H and O–H groups in total. The number of halogens is 4. The van der Waals surface area contributed by atoms with Gasteiger partial charge in [0.15, 0.2) is 15.7 Å². The predicted molar refractivity (Wildman–Crippen MR) is 108 cm³/mol. The third kappa shape index (κ3) is 5.90. The van der Waals surface area contributed by atoms with E-state index in [1.807, 2.05) is 0 Å². The van der Waals surface area contributed by atoms with Crippen molar-refractivity contribution in [2.24, 2.45) is 0 Å². The molecule has 0 saturated carbocycles. The van der Waals surface area contributed by atoms with E-state index >= 15 is 0 Å². The van der Waals surface area contributed by atoms with E-state index < -0.39 is 39.9 Å². The molecule has 8 nitrogen and oxygen atoms in total. The summed E-state index contributed by atoms with van der Waals surface area (Å²) in [6, 6.07) is 9.21. The largest absolute Gasteiger partial charge is 0.573 e. The lowest BCUT2D eigenvalue weighted by Crippen LogP contribution is -2.24. The molecule has 182 valence electrons. The molecule has 1 aromatic heterocycles. The number of alkyl halides is 3. The van der Waals surface area contributed by atoms with E-state index in [9.17, 15) is 31.1 Å². The second kappa shape index (κ2) is 9.31. The number of aliphatic hydroxyl groups excluding tert-OH is 1. The van der Waals surface area contributed by atoms with Crippen molar-refractivity contribution < 1.29 is 40.3 Å². The van der Waals surface area contributed by atoms with Gasteiger partial charge in [0, 0.05) is 13.1 Å². The van der Waals surface area contributed by atoms with Crippen LogP contribution < -0.4 is 4.74 Å². The third-order valence-electron chi connectivity index (χ3n) is 5.16. The molecule has 0 radical (unpaired) electrons. The predicted octanol–water partition coefficient (Wildman–Crippen LogP) is 3.39. The number of hydrogen-bond acceptors (Lipinski definition) is 8. The van der Waals surface area contributed by atoms with Crippen LogP contribution in [0.3, 0.4) is 0 Å². The monoisotopic (exact) mass is 501 g/mol. The Hall–Kier alpha value is -3.03. The average Bonchev–Trinajstić information content (AvgIpc) is 3.33. The van der Waals surface area contributed by atoms with Gasteiger partial charge in [0.2, 0.25) is 5.89 Å². The third-order valence-corrected chi connectivity index (χ3v) is 6.79. The lowest BCUT2D eigenvalue weighted by Gasteiger charge is -2.21. The minimum atomic E-state index is -4.82. The maximum absolute atomic E-state index is 13.1. The number of nitrogens with zero attached hydrogens (tertiary/aromatic N) is 3. The topological polar surface area (TPSA) is 106 Å². The zero-order valence-corrected chi connectivity index (χ0v) is 18.3. The molecule has 0 aliphatic carbocycles. The molecule has 0 spiro atoms. The van der Waals surface area contributed by atoms with Crippen molar-refractivity contribution in [2.75, 3.05) is 6.54 Å². The summed E-state index contributed by atoms with van der Waals surface area (Å²) in [5, 5.41) is 13.9. The van der Waals surface area contributed by atoms with Crippen molar-refractivity contribution in [3.8, 4) is 5.75 Å². The van der Waals surface area contributed by atoms with Crippen molar-refractivity contribution in [3.63, 3.8) is 0 Å². The minimum absolute atomic E-state index is 0.0727. The summed E-state index contributed by atoms with van der Waals surface area (Å²) in [4.78, 5) is 5.80. The molecule has 2 heterocycles. The summed E-state index contributed by atoms with van der Waals surface area (Å²) in [5.74, 6) is -1.55. The number of aromatic nitrogens is 2. The summed E-state index contributed by atoms with van der Waals surface area (Å²) in [6.45, 7) is 0.350. The Morgan fingerprint density at radius 2 is 1.91 bits per heavy atom. The van der Waals surface area contributed by atoms with Crippen molar-refractivity contribution in [3.05, 3.63) is 71.6 Å². The number of β-amino-alcohol motifs (C(OH)–C–C–N with tert-alkyl or cyclic N) is 1. The lowest BCUT2D eigenvalue weighted by atomic mass is 10.1. The van der Waals surface area contributed by atoms with Crippen molar-refractivity contribution in [1.82, 2.24) is 15.0 Å². The highest BCUT2D eigenvalue weighted by atomic mass is 32.2. The van der Waals surface area contributed by atoms with E-state index in [1.54, 1.807) is 11.0 Å². The van der Waals surface area contributed by atoms with Gasteiger partial charge in [-0.05, 0) is 48.4 Å². The van der Waals surface area contributed by atoms with E-state index in [0.29, 0.717) is 5.56 Å². The highest BCUT2D eigenvalue weighted by molar-refractivity contribution is 7.90. The number of rotatable bonds is 7. The van der Waals surface area contributed by atoms with Crippen molar-refractivity contribution >= 4 is 9.84 Å². The van der Waals surface area contributed by atoms with Crippen LogP contribution >= 0.6 is 0 Å². The fraction of sp³-hybridized carbons (Fsp3) is 0.333. The molecule has 13 heteroatoms. The Morgan fingerprint density at radius 1 is 1.18 bits per heavy atom. The molecule has 3 aromatic rings. The summed E-state index contributed by atoms with van der Waals surface area (Å²) in [7, 11) is -3.85. The van der Waals surface area contributed by atoms with Crippen LogP contribution in [0.5, 0.6) is 5.75 Å². The maximum Gasteiger partial charge on any atom is 0.573 e. The van der Waals surface area contributed by atoms with E-state index in [-0.39, 0.29) is 41.9 Å². The van der Waals surface area contributed by atoms with Gasteiger partial charge in [-0.3, -0.25) is 4.90 Å². The van der Waals surface area contributed by atoms with Gasteiger partial charge in [0.1, 0.15) is 17.3 Å². The summed E-state index contributed by atoms with van der Waals surface area (Å²) in [6.07, 6.45) is -5.36. The van der Waals surface area contributed by atoms with Gasteiger partial charge < -0.3 is 14.4 Å². The number of hydrogen-bond donors (Lipinski definition) is 1. The first-order valence-corrected chi connectivity index (χ1v) is 11.7. The molecule has 0 unspecified atom stereocenters. The average molecular weight is 501 g/mol. The van der Waals surface area contributed by atoms with Crippen LogP contribution in [0.1, 0.15) is 29.7 Å². The Bertz CT molecular complexity index is 1250. The highest BCUT2D eigenvalue weighted by Crippen LogP contribution is 2.33. The van der Waals surface area contributed by atoms with Gasteiger partial charge >= 0.3 is 6.36 Å². The number of ether oxygens (including phenoxy) is 1. The fourth-order valence-corrected chi connectivity index (χ4v) is 4.92.